The summed E-state index contributed by atoms with van der Waals surface area (Å²) in [7, 11) is 0. The first-order chi connectivity index (χ1) is 14.3. The van der Waals surface area contributed by atoms with Gasteiger partial charge in [0.15, 0.2) is 0 Å². The Morgan fingerprint density at radius 1 is 1.23 bits per heavy atom. The molecule has 0 aliphatic carbocycles. The number of aromatic nitrogens is 2. The van der Waals surface area contributed by atoms with Crippen LogP contribution >= 0.6 is 15.9 Å². The van der Waals surface area contributed by atoms with E-state index in [9.17, 15) is 14.9 Å². The van der Waals surface area contributed by atoms with Crippen molar-refractivity contribution in [2.24, 2.45) is 5.10 Å². The minimum Gasteiger partial charge on any atom is -0.265 e. The molecule has 30 heavy (non-hydrogen) atoms. The highest BCUT2D eigenvalue weighted by atomic mass is 79.9. The summed E-state index contributed by atoms with van der Waals surface area (Å²) < 4.78 is 2.29. The summed E-state index contributed by atoms with van der Waals surface area (Å²) in [5.74, 6) is -0.324. The molecule has 0 saturated heterocycles. The zero-order chi connectivity index (χ0) is 21.7. The van der Waals surface area contributed by atoms with Gasteiger partial charge in [-0.1, -0.05) is 66.2 Å². The lowest BCUT2D eigenvalue weighted by atomic mass is 10.0. The van der Waals surface area contributed by atoms with E-state index in [4.69, 9.17) is 0 Å². The third-order valence-electron chi connectivity index (χ3n) is 4.39. The molecule has 3 aromatic rings. The Hall–Kier alpha value is -3.33. The van der Waals surface area contributed by atoms with Crippen molar-refractivity contribution in [3.8, 4) is 0 Å². The van der Waals surface area contributed by atoms with Gasteiger partial charge in [0.25, 0.3) is 5.91 Å². The first-order valence-electron chi connectivity index (χ1n) is 9.23. The van der Waals surface area contributed by atoms with Crippen molar-refractivity contribution in [3.63, 3.8) is 0 Å². The van der Waals surface area contributed by atoms with Gasteiger partial charge in [0.2, 0.25) is 5.69 Å². The Bertz CT molecular complexity index is 1070. The van der Waals surface area contributed by atoms with E-state index in [0.29, 0.717) is 12.5 Å². The van der Waals surface area contributed by atoms with Crippen LogP contribution < -0.4 is 5.43 Å². The second-order valence-electron chi connectivity index (χ2n) is 6.96. The molecule has 1 amide bonds. The van der Waals surface area contributed by atoms with Crippen LogP contribution in [0.2, 0.25) is 0 Å². The van der Waals surface area contributed by atoms with E-state index < -0.39 is 10.8 Å². The SMILES string of the molecule is CC(C)c1ccc(C=NNC(=O)c2nn(Cc3ccc(Br)cc3)cc2[N+](=O)[O-])cc1. The van der Waals surface area contributed by atoms with E-state index in [1.54, 1.807) is 0 Å². The van der Waals surface area contributed by atoms with Crippen LogP contribution in [0.1, 0.15) is 46.9 Å². The van der Waals surface area contributed by atoms with E-state index in [-0.39, 0.29) is 11.4 Å². The van der Waals surface area contributed by atoms with E-state index in [1.807, 2.05) is 48.5 Å². The van der Waals surface area contributed by atoms with Crippen molar-refractivity contribution in [2.45, 2.75) is 26.3 Å². The molecule has 1 aromatic heterocycles. The van der Waals surface area contributed by atoms with Crippen LogP contribution in [-0.4, -0.2) is 26.8 Å². The molecule has 0 fully saturated rings. The van der Waals surface area contributed by atoms with E-state index in [2.05, 4.69) is 45.4 Å². The molecule has 0 unspecified atom stereocenters. The summed E-state index contributed by atoms with van der Waals surface area (Å²) in [6, 6.07) is 15.2. The van der Waals surface area contributed by atoms with Gasteiger partial charge >= 0.3 is 5.69 Å². The van der Waals surface area contributed by atoms with Crippen molar-refractivity contribution < 1.29 is 9.72 Å². The van der Waals surface area contributed by atoms with Gasteiger partial charge in [-0.05, 0) is 34.7 Å². The summed E-state index contributed by atoms with van der Waals surface area (Å²) in [6.45, 7) is 4.51. The fourth-order valence-electron chi connectivity index (χ4n) is 2.75. The number of halogens is 1. The molecule has 9 heteroatoms. The summed E-state index contributed by atoms with van der Waals surface area (Å²) in [6.07, 6.45) is 2.72. The molecule has 0 bridgehead atoms. The first kappa shape index (κ1) is 21.4. The molecule has 0 atom stereocenters. The molecule has 1 heterocycles. The van der Waals surface area contributed by atoms with Gasteiger partial charge in [0.05, 0.1) is 17.7 Å². The number of carbonyl (C=O) groups excluding carboxylic acids is 1. The molecular formula is C21H20BrN5O3. The van der Waals surface area contributed by atoms with Gasteiger partial charge in [-0.25, -0.2) is 5.43 Å². The van der Waals surface area contributed by atoms with Gasteiger partial charge < -0.3 is 0 Å². The van der Waals surface area contributed by atoms with Gasteiger partial charge in [-0.15, -0.1) is 0 Å². The standard InChI is InChI=1S/C21H20BrN5O3/c1-14(2)17-7-3-15(4-8-17)11-23-24-21(28)20-19(27(29)30)13-26(25-20)12-16-5-9-18(22)10-6-16/h3-11,13-14H,12H2,1-2H3,(H,24,28). The van der Waals surface area contributed by atoms with Crippen LogP contribution in [-0.2, 0) is 6.54 Å². The summed E-state index contributed by atoms with van der Waals surface area (Å²) in [5, 5.41) is 19.3. The monoisotopic (exact) mass is 469 g/mol. The summed E-state index contributed by atoms with van der Waals surface area (Å²) >= 11 is 3.36. The molecule has 0 aliphatic rings. The number of benzene rings is 2. The van der Waals surface area contributed by atoms with E-state index >= 15 is 0 Å². The zero-order valence-corrected chi connectivity index (χ0v) is 18.0. The van der Waals surface area contributed by atoms with Crippen LogP contribution in [0.3, 0.4) is 0 Å². The smallest absolute Gasteiger partial charge is 0.265 e. The summed E-state index contributed by atoms with van der Waals surface area (Å²) in [4.78, 5) is 23.1. The lowest BCUT2D eigenvalue weighted by Gasteiger charge is -2.04. The van der Waals surface area contributed by atoms with Crippen molar-refractivity contribution in [1.29, 1.82) is 0 Å². The van der Waals surface area contributed by atoms with Crippen molar-refractivity contribution in [3.05, 3.63) is 91.7 Å². The van der Waals surface area contributed by atoms with Gasteiger partial charge in [0, 0.05) is 4.47 Å². The average Bonchev–Trinajstić information content (AvgIpc) is 3.14. The zero-order valence-electron chi connectivity index (χ0n) is 16.4. The number of nitrogens with one attached hydrogen (secondary N) is 1. The fourth-order valence-corrected chi connectivity index (χ4v) is 3.01. The van der Waals surface area contributed by atoms with Crippen LogP contribution in [0.25, 0.3) is 0 Å². The second-order valence-corrected chi connectivity index (χ2v) is 7.88. The van der Waals surface area contributed by atoms with Crippen molar-refractivity contribution in [1.82, 2.24) is 15.2 Å². The maximum atomic E-state index is 12.4. The Morgan fingerprint density at radius 2 is 1.90 bits per heavy atom. The number of hydrogen-bond acceptors (Lipinski definition) is 5. The Kier molecular flexibility index (Phi) is 6.73. The molecule has 0 aliphatic heterocycles. The molecule has 154 valence electrons. The predicted molar refractivity (Wildman–Crippen MR) is 118 cm³/mol. The van der Waals surface area contributed by atoms with Crippen molar-refractivity contribution in [2.75, 3.05) is 0 Å². The summed E-state index contributed by atoms with van der Waals surface area (Å²) in [5.41, 5.74) is 4.54. The molecule has 8 nitrogen and oxygen atoms in total. The molecule has 3 rings (SSSR count). The largest absolute Gasteiger partial charge is 0.320 e. The minimum absolute atomic E-state index is 0.288. The lowest BCUT2D eigenvalue weighted by Crippen LogP contribution is -2.19. The third-order valence-corrected chi connectivity index (χ3v) is 4.92. The highest BCUT2D eigenvalue weighted by molar-refractivity contribution is 9.10. The minimum atomic E-state index is -0.744. The molecular weight excluding hydrogens is 450 g/mol. The maximum Gasteiger partial charge on any atom is 0.320 e. The molecule has 0 radical (unpaired) electrons. The number of nitrogens with zero attached hydrogens (tertiary/aromatic N) is 4. The average molecular weight is 470 g/mol. The third kappa shape index (κ3) is 5.38. The second kappa shape index (κ2) is 9.45. The fraction of sp³-hybridized carbons (Fsp3) is 0.190. The lowest BCUT2D eigenvalue weighted by molar-refractivity contribution is -0.385. The number of carbonyl (C=O) groups is 1. The molecule has 0 spiro atoms. The van der Waals surface area contributed by atoms with E-state index in [0.717, 1.165) is 15.6 Å². The highest BCUT2D eigenvalue weighted by Gasteiger charge is 2.25. The first-order valence-corrected chi connectivity index (χ1v) is 10.0. The topological polar surface area (TPSA) is 102 Å². The normalized spacial score (nSPS) is 11.2. The Morgan fingerprint density at radius 3 is 2.50 bits per heavy atom. The molecule has 1 N–H and O–H groups in total. The quantitative estimate of drug-likeness (QED) is 0.312. The predicted octanol–water partition coefficient (Wildman–Crippen LogP) is 4.49. The Labute approximate surface area is 181 Å². The van der Waals surface area contributed by atoms with Crippen LogP contribution in [0, 0.1) is 10.1 Å². The number of hydrogen-bond donors (Lipinski definition) is 1. The molecule has 2 aromatic carbocycles. The van der Waals surface area contributed by atoms with Gasteiger partial charge in [-0.2, -0.15) is 10.2 Å². The maximum absolute atomic E-state index is 12.4. The number of hydrazone groups is 1. The molecule has 0 saturated carbocycles. The van der Waals surface area contributed by atoms with Crippen LogP contribution in [0.5, 0.6) is 0 Å². The van der Waals surface area contributed by atoms with Gasteiger partial charge in [-0.3, -0.25) is 19.6 Å². The number of rotatable bonds is 7. The number of amides is 1. The van der Waals surface area contributed by atoms with Crippen LogP contribution in [0.15, 0.2) is 64.3 Å². The highest BCUT2D eigenvalue weighted by Crippen LogP contribution is 2.18. The van der Waals surface area contributed by atoms with E-state index in [1.165, 1.54) is 22.7 Å². The van der Waals surface area contributed by atoms with Gasteiger partial charge in [0.1, 0.15) is 6.20 Å². The van der Waals surface area contributed by atoms with Crippen molar-refractivity contribution >= 4 is 33.7 Å². The van der Waals surface area contributed by atoms with Crippen LogP contribution in [0.4, 0.5) is 5.69 Å². The Balaban J connectivity index is 1.71. The number of nitro groups is 1.